The Bertz CT molecular complexity index is 808. The number of thioether (sulfide) groups is 1. The molecular formula is C19H22ClN3O4S. The second kappa shape index (κ2) is 9.45. The molecule has 28 heavy (non-hydrogen) atoms. The van der Waals surface area contributed by atoms with Gasteiger partial charge in [0.25, 0.3) is 11.1 Å². The van der Waals surface area contributed by atoms with Crippen molar-refractivity contribution >= 4 is 52.4 Å². The molecule has 2 saturated heterocycles. The van der Waals surface area contributed by atoms with E-state index in [0.717, 1.165) is 37.6 Å². The predicted octanol–water partition coefficient (Wildman–Crippen LogP) is 3.77. The van der Waals surface area contributed by atoms with Gasteiger partial charge in [-0.25, -0.2) is 4.79 Å². The minimum atomic E-state index is -0.449. The van der Waals surface area contributed by atoms with Crippen molar-refractivity contribution in [3.8, 4) is 0 Å². The lowest BCUT2D eigenvalue weighted by atomic mass is 10.1. The number of anilines is 1. The first kappa shape index (κ1) is 20.7. The summed E-state index contributed by atoms with van der Waals surface area (Å²) < 4.78 is 5.47. The first-order valence-electron chi connectivity index (χ1n) is 9.20. The van der Waals surface area contributed by atoms with E-state index in [1.54, 1.807) is 29.2 Å². The van der Waals surface area contributed by atoms with Crippen LogP contribution in [0.5, 0.6) is 0 Å². The number of imide groups is 1. The normalized spacial score (nSPS) is 20.5. The number of carbonyl (C=O) groups excluding carboxylic acids is 3. The molecule has 3 amide bonds. The Labute approximate surface area is 172 Å². The molecule has 1 unspecified atom stereocenters. The Hall–Kier alpha value is -2.03. The summed E-state index contributed by atoms with van der Waals surface area (Å²) in [5, 5.41) is 5.54. The van der Waals surface area contributed by atoms with Gasteiger partial charge in [-0.2, -0.15) is 0 Å². The van der Waals surface area contributed by atoms with E-state index in [1.165, 1.54) is 0 Å². The molecule has 1 atom stereocenters. The van der Waals surface area contributed by atoms with Crippen LogP contribution in [0.3, 0.4) is 0 Å². The second-order valence-electron chi connectivity index (χ2n) is 6.54. The Morgan fingerprint density at radius 2 is 2.25 bits per heavy atom. The van der Waals surface area contributed by atoms with Crippen molar-refractivity contribution in [3.05, 3.63) is 33.7 Å². The third-order valence-electron chi connectivity index (χ3n) is 4.50. The van der Waals surface area contributed by atoms with Gasteiger partial charge in [-0.3, -0.25) is 19.8 Å². The highest BCUT2D eigenvalue weighted by atomic mass is 35.5. The molecule has 2 aliphatic rings. The summed E-state index contributed by atoms with van der Waals surface area (Å²) in [6.07, 6.45) is 3.65. The van der Waals surface area contributed by atoms with Crippen LogP contribution in [0, 0.1) is 0 Å². The van der Waals surface area contributed by atoms with Crippen LogP contribution in [-0.4, -0.2) is 43.0 Å². The van der Waals surface area contributed by atoms with Crippen LogP contribution in [0.2, 0.25) is 5.02 Å². The number of halogens is 1. The van der Waals surface area contributed by atoms with Gasteiger partial charge in [0.05, 0.1) is 23.2 Å². The van der Waals surface area contributed by atoms with Crippen LogP contribution in [0.15, 0.2) is 23.1 Å². The van der Waals surface area contributed by atoms with Crippen LogP contribution >= 0.6 is 23.4 Å². The highest BCUT2D eigenvalue weighted by Gasteiger charge is 2.32. The molecular weight excluding hydrogens is 402 g/mol. The van der Waals surface area contributed by atoms with E-state index in [2.05, 4.69) is 10.6 Å². The number of benzene rings is 1. The molecule has 2 N–H and O–H groups in total. The zero-order chi connectivity index (χ0) is 20.1. The maximum atomic E-state index is 12.9. The number of rotatable bonds is 6. The largest absolute Gasteiger partial charge is 0.449 e. The van der Waals surface area contributed by atoms with E-state index >= 15 is 0 Å². The lowest BCUT2D eigenvalue weighted by Gasteiger charge is -2.29. The number of nitrogens with zero attached hydrogens (tertiary/aromatic N) is 1. The van der Waals surface area contributed by atoms with E-state index in [0.29, 0.717) is 29.4 Å². The minimum absolute atomic E-state index is 0.0866. The summed E-state index contributed by atoms with van der Waals surface area (Å²) in [7, 11) is 0. The van der Waals surface area contributed by atoms with Gasteiger partial charge in [0, 0.05) is 11.6 Å². The van der Waals surface area contributed by atoms with Crippen LogP contribution in [0.25, 0.3) is 6.08 Å². The molecule has 1 aromatic rings. The molecule has 1 aromatic carbocycles. The summed E-state index contributed by atoms with van der Waals surface area (Å²) >= 11 is 7.05. The average molecular weight is 424 g/mol. The molecule has 2 aliphatic heterocycles. The van der Waals surface area contributed by atoms with E-state index in [1.807, 2.05) is 6.92 Å². The van der Waals surface area contributed by atoms with Gasteiger partial charge in [-0.05, 0) is 54.9 Å². The molecule has 7 nitrogen and oxygen atoms in total. The number of unbranched alkanes of at least 4 members (excludes halogenated alkanes) is 1. The highest BCUT2D eigenvalue weighted by Crippen LogP contribution is 2.33. The van der Waals surface area contributed by atoms with Crippen LogP contribution in [0.4, 0.5) is 15.3 Å². The van der Waals surface area contributed by atoms with Crippen molar-refractivity contribution in [2.24, 2.45) is 0 Å². The van der Waals surface area contributed by atoms with Crippen molar-refractivity contribution < 1.29 is 19.1 Å². The molecule has 0 aliphatic carbocycles. The van der Waals surface area contributed by atoms with Crippen molar-refractivity contribution in [2.75, 3.05) is 24.6 Å². The van der Waals surface area contributed by atoms with Crippen LogP contribution in [0.1, 0.15) is 31.7 Å². The van der Waals surface area contributed by atoms with Gasteiger partial charge in [0.2, 0.25) is 0 Å². The monoisotopic (exact) mass is 423 g/mol. The van der Waals surface area contributed by atoms with Gasteiger partial charge < -0.3 is 10.1 Å². The number of amides is 3. The Balaban J connectivity index is 1.97. The molecule has 150 valence electrons. The Kier molecular flexibility index (Phi) is 6.98. The van der Waals surface area contributed by atoms with E-state index < -0.39 is 17.2 Å². The molecule has 2 heterocycles. The molecule has 3 rings (SSSR count). The number of nitrogens with one attached hydrogen (secondary N) is 2. The molecule has 0 spiro atoms. The molecule has 9 heteroatoms. The topological polar surface area (TPSA) is 87.7 Å². The number of hydrogen-bond acceptors (Lipinski definition) is 6. The minimum Gasteiger partial charge on any atom is -0.449 e. The highest BCUT2D eigenvalue weighted by molar-refractivity contribution is 8.18. The van der Waals surface area contributed by atoms with Crippen molar-refractivity contribution in [3.63, 3.8) is 0 Å². The van der Waals surface area contributed by atoms with Crippen molar-refractivity contribution in [2.45, 2.75) is 32.2 Å². The number of carbonyl (C=O) groups is 3. The summed E-state index contributed by atoms with van der Waals surface area (Å²) in [4.78, 5) is 38.2. The van der Waals surface area contributed by atoms with E-state index in [4.69, 9.17) is 16.3 Å². The molecule has 0 bridgehead atoms. The fourth-order valence-electron chi connectivity index (χ4n) is 3.09. The van der Waals surface area contributed by atoms with Gasteiger partial charge in [-0.15, -0.1) is 0 Å². The quantitative estimate of drug-likeness (QED) is 0.535. The molecule has 0 aromatic heterocycles. The summed E-state index contributed by atoms with van der Waals surface area (Å²) in [6, 6.07) is 5.02. The SMILES string of the molecule is CCCCOC(=O)N(c1cc(Cl)ccc1C=C1SC(=O)NC1=O)C1CCNC1. The smallest absolute Gasteiger partial charge is 0.414 e. The zero-order valence-electron chi connectivity index (χ0n) is 15.5. The Morgan fingerprint density at radius 1 is 1.43 bits per heavy atom. The summed E-state index contributed by atoms with van der Waals surface area (Å²) in [5.74, 6) is -0.449. The first-order chi connectivity index (χ1) is 13.5. The lowest BCUT2D eigenvalue weighted by Crippen LogP contribution is -2.42. The van der Waals surface area contributed by atoms with Crippen LogP contribution < -0.4 is 15.5 Å². The summed E-state index contributed by atoms with van der Waals surface area (Å²) in [5.41, 5.74) is 1.18. The number of hydrogen-bond donors (Lipinski definition) is 2. The lowest BCUT2D eigenvalue weighted by molar-refractivity contribution is -0.115. The van der Waals surface area contributed by atoms with E-state index in [-0.39, 0.29) is 10.9 Å². The molecule has 0 radical (unpaired) electrons. The fraction of sp³-hybridized carbons (Fsp3) is 0.421. The maximum Gasteiger partial charge on any atom is 0.414 e. The third kappa shape index (κ3) is 4.87. The van der Waals surface area contributed by atoms with E-state index in [9.17, 15) is 14.4 Å². The third-order valence-corrected chi connectivity index (χ3v) is 5.55. The molecule has 2 fully saturated rings. The zero-order valence-corrected chi connectivity index (χ0v) is 17.1. The first-order valence-corrected chi connectivity index (χ1v) is 10.4. The van der Waals surface area contributed by atoms with Crippen molar-refractivity contribution in [1.29, 1.82) is 0 Å². The second-order valence-corrected chi connectivity index (χ2v) is 7.99. The standard InChI is InChI=1S/C19H22ClN3O4S/c1-2-3-8-27-19(26)23(14-6-7-21-11-14)15-10-13(20)5-4-12(15)9-16-17(24)22-18(25)28-16/h4-5,9-10,14,21H,2-3,6-8,11H2,1H3,(H,22,24,25). The van der Waals surface area contributed by atoms with Gasteiger partial charge >= 0.3 is 6.09 Å². The fourth-order valence-corrected chi connectivity index (χ4v) is 3.93. The average Bonchev–Trinajstić information content (AvgIpc) is 3.28. The van der Waals surface area contributed by atoms with Gasteiger partial charge in [0.1, 0.15) is 0 Å². The van der Waals surface area contributed by atoms with Crippen LogP contribution in [-0.2, 0) is 9.53 Å². The van der Waals surface area contributed by atoms with Crippen molar-refractivity contribution in [1.82, 2.24) is 10.6 Å². The number of ether oxygens (including phenoxy) is 1. The van der Waals surface area contributed by atoms with Gasteiger partial charge in [0.15, 0.2) is 0 Å². The maximum absolute atomic E-state index is 12.9. The predicted molar refractivity (Wildman–Crippen MR) is 111 cm³/mol. The Morgan fingerprint density at radius 3 is 2.89 bits per heavy atom. The summed E-state index contributed by atoms with van der Waals surface area (Å²) in [6.45, 7) is 3.81. The molecule has 0 saturated carbocycles. The van der Waals surface area contributed by atoms with Gasteiger partial charge in [-0.1, -0.05) is 31.0 Å².